The van der Waals surface area contributed by atoms with E-state index in [1.807, 2.05) is 22.8 Å². The van der Waals surface area contributed by atoms with E-state index >= 15 is 0 Å². The Morgan fingerprint density at radius 3 is 2.42 bits per heavy atom. The summed E-state index contributed by atoms with van der Waals surface area (Å²) in [5, 5.41) is 9.34. The van der Waals surface area contributed by atoms with Gasteiger partial charge in [-0.1, -0.05) is 41.6 Å². The van der Waals surface area contributed by atoms with Crippen LogP contribution in [0, 0.1) is 0 Å². The Morgan fingerprint density at radius 1 is 1.00 bits per heavy atom. The van der Waals surface area contributed by atoms with Crippen LogP contribution < -0.4 is 0 Å². The predicted molar refractivity (Wildman–Crippen MR) is 98.9 cm³/mol. The molecule has 0 saturated heterocycles. The number of carbonyl (C=O) groups is 2. The fraction of sp³-hybridized carbons (Fsp3) is 0.111. The molecule has 26 heavy (non-hydrogen) atoms. The second-order valence-corrected chi connectivity index (χ2v) is 7.12. The van der Waals surface area contributed by atoms with Crippen molar-refractivity contribution in [2.75, 3.05) is 12.3 Å². The minimum absolute atomic E-state index is 0.248. The van der Waals surface area contributed by atoms with Gasteiger partial charge in [-0.2, -0.15) is 0 Å². The van der Waals surface area contributed by atoms with Crippen LogP contribution in [0.15, 0.2) is 60.0 Å². The molecule has 1 aliphatic heterocycles. The zero-order chi connectivity index (χ0) is 18.1. The van der Waals surface area contributed by atoms with Crippen LogP contribution in [0.2, 0.25) is 5.02 Å². The van der Waals surface area contributed by atoms with Gasteiger partial charge in [0.2, 0.25) is 0 Å². The van der Waals surface area contributed by atoms with E-state index < -0.39 is 0 Å². The molecule has 0 N–H and O–H groups in total. The zero-order valence-corrected chi connectivity index (χ0v) is 15.1. The number of benzene rings is 2. The first-order chi connectivity index (χ1) is 12.6. The highest BCUT2D eigenvalue weighted by Crippen LogP contribution is 2.25. The van der Waals surface area contributed by atoms with Gasteiger partial charge in [-0.25, -0.2) is 0 Å². The number of aromatic nitrogens is 3. The van der Waals surface area contributed by atoms with Gasteiger partial charge in [0.1, 0.15) is 6.33 Å². The SMILES string of the molecule is O=C1c2ccccc2C(=O)N1CCSc1nncn1-c1cccc(Cl)c1. The number of amides is 2. The van der Waals surface area contributed by atoms with E-state index in [2.05, 4.69) is 10.2 Å². The van der Waals surface area contributed by atoms with E-state index in [9.17, 15) is 9.59 Å². The largest absolute Gasteiger partial charge is 0.277 e. The Morgan fingerprint density at radius 2 is 1.73 bits per heavy atom. The summed E-state index contributed by atoms with van der Waals surface area (Å²) in [6.07, 6.45) is 1.61. The Balaban J connectivity index is 1.45. The van der Waals surface area contributed by atoms with E-state index in [-0.39, 0.29) is 11.8 Å². The average molecular weight is 385 g/mol. The first-order valence-electron chi connectivity index (χ1n) is 7.89. The highest BCUT2D eigenvalue weighted by atomic mass is 35.5. The van der Waals surface area contributed by atoms with Crippen LogP contribution in [0.4, 0.5) is 0 Å². The number of rotatable bonds is 5. The molecular weight excluding hydrogens is 372 g/mol. The Bertz CT molecular complexity index is 969. The number of hydrogen-bond acceptors (Lipinski definition) is 5. The minimum atomic E-state index is -0.248. The number of nitrogens with zero attached hydrogens (tertiary/aromatic N) is 4. The molecule has 0 bridgehead atoms. The van der Waals surface area contributed by atoms with E-state index in [4.69, 9.17) is 11.6 Å². The lowest BCUT2D eigenvalue weighted by atomic mass is 10.1. The summed E-state index contributed by atoms with van der Waals surface area (Å²) >= 11 is 7.46. The lowest BCUT2D eigenvalue weighted by molar-refractivity contribution is 0.0664. The third-order valence-corrected chi connectivity index (χ3v) is 5.19. The number of thioether (sulfide) groups is 1. The summed E-state index contributed by atoms with van der Waals surface area (Å²) in [7, 11) is 0. The van der Waals surface area contributed by atoms with Gasteiger partial charge in [-0.15, -0.1) is 10.2 Å². The maximum absolute atomic E-state index is 12.4. The number of carbonyl (C=O) groups excluding carboxylic acids is 2. The molecule has 8 heteroatoms. The van der Waals surface area contributed by atoms with Gasteiger partial charge in [0.15, 0.2) is 5.16 Å². The molecule has 0 fully saturated rings. The fourth-order valence-electron chi connectivity index (χ4n) is 2.80. The Kier molecular flexibility index (Phi) is 4.48. The molecule has 0 aliphatic carbocycles. The molecule has 3 aromatic rings. The van der Waals surface area contributed by atoms with E-state index in [1.165, 1.54) is 16.7 Å². The number of hydrogen-bond donors (Lipinski definition) is 0. The molecular formula is C18H13ClN4O2S. The van der Waals surface area contributed by atoms with Crippen LogP contribution in [-0.2, 0) is 0 Å². The summed E-state index contributed by atoms with van der Waals surface area (Å²) in [6, 6.07) is 14.3. The van der Waals surface area contributed by atoms with Gasteiger partial charge in [0.25, 0.3) is 11.8 Å². The first kappa shape index (κ1) is 16.8. The van der Waals surface area contributed by atoms with Gasteiger partial charge >= 0.3 is 0 Å². The van der Waals surface area contributed by atoms with E-state index in [0.717, 1.165) is 5.69 Å². The topological polar surface area (TPSA) is 68.1 Å². The normalized spacial score (nSPS) is 13.3. The van der Waals surface area contributed by atoms with Crippen molar-refractivity contribution in [2.45, 2.75) is 5.16 Å². The number of halogens is 1. The molecule has 130 valence electrons. The molecule has 2 amide bonds. The summed E-state index contributed by atoms with van der Waals surface area (Å²) in [5.74, 6) is 0.0232. The van der Waals surface area contributed by atoms with Crippen molar-refractivity contribution in [3.8, 4) is 5.69 Å². The van der Waals surface area contributed by atoms with Gasteiger partial charge in [-0.3, -0.25) is 19.1 Å². The van der Waals surface area contributed by atoms with Crippen LogP contribution in [-0.4, -0.2) is 43.8 Å². The summed E-state index contributed by atoms with van der Waals surface area (Å²) < 4.78 is 1.82. The molecule has 0 unspecified atom stereocenters. The van der Waals surface area contributed by atoms with Gasteiger partial charge in [-0.05, 0) is 30.3 Å². The summed E-state index contributed by atoms with van der Waals surface area (Å²) in [4.78, 5) is 26.0. The van der Waals surface area contributed by atoms with Crippen molar-refractivity contribution < 1.29 is 9.59 Å². The van der Waals surface area contributed by atoms with Crippen molar-refractivity contribution >= 4 is 35.2 Å². The van der Waals surface area contributed by atoms with Gasteiger partial charge in [0.05, 0.1) is 16.8 Å². The third kappa shape index (κ3) is 3.00. The quantitative estimate of drug-likeness (QED) is 0.498. The van der Waals surface area contributed by atoms with Crippen molar-refractivity contribution in [3.63, 3.8) is 0 Å². The molecule has 0 atom stereocenters. The molecule has 0 spiro atoms. The maximum Gasteiger partial charge on any atom is 0.261 e. The molecule has 4 rings (SSSR count). The van der Waals surface area contributed by atoms with Crippen LogP contribution in [0.5, 0.6) is 0 Å². The highest BCUT2D eigenvalue weighted by molar-refractivity contribution is 7.99. The smallest absolute Gasteiger partial charge is 0.261 e. The summed E-state index contributed by atoms with van der Waals surface area (Å²) in [5.41, 5.74) is 1.78. The van der Waals surface area contributed by atoms with Crippen molar-refractivity contribution in [1.29, 1.82) is 0 Å². The van der Waals surface area contributed by atoms with E-state index in [1.54, 1.807) is 36.7 Å². The third-order valence-electron chi connectivity index (χ3n) is 4.03. The Hall–Kier alpha value is -2.64. The molecule has 0 radical (unpaired) electrons. The molecule has 1 aromatic heterocycles. The highest BCUT2D eigenvalue weighted by Gasteiger charge is 2.34. The van der Waals surface area contributed by atoms with Crippen molar-refractivity contribution in [2.24, 2.45) is 0 Å². The number of fused-ring (bicyclic) bond motifs is 1. The fourth-order valence-corrected chi connectivity index (χ4v) is 3.83. The van der Waals surface area contributed by atoms with Gasteiger partial charge < -0.3 is 0 Å². The van der Waals surface area contributed by atoms with Crippen molar-refractivity contribution in [3.05, 3.63) is 71.0 Å². The summed E-state index contributed by atoms with van der Waals surface area (Å²) in [6.45, 7) is 0.305. The monoisotopic (exact) mass is 384 g/mol. The molecule has 0 saturated carbocycles. The van der Waals surface area contributed by atoms with Crippen LogP contribution >= 0.6 is 23.4 Å². The molecule has 6 nitrogen and oxygen atoms in total. The molecule has 1 aliphatic rings. The molecule has 2 heterocycles. The average Bonchev–Trinajstić information content (AvgIpc) is 3.21. The maximum atomic E-state index is 12.4. The second-order valence-electron chi connectivity index (χ2n) is 5.62. The predicted octanol–water partition coefficient (Wildman–Crippen LogP) is 3.31. The van der Waals surface area contributed by atoms with Crippen LogP contribution in [0.3, 0.4) is 0 Å². The molecule has 2 aromatic carbocycles. The van der Waals surface area contributed by atoms with Gasteiger partial charge in [0, 0.05) is 17.3 Å². The standard InChI is InChI=1S/C18H13ClN4O2S/c19-12-4-3-5-13(10-12)23-11-20-21-18(23)26-9-8-22-16(24)14-6-1-2-7-15(14)17(22)25/h1-7,10-11H,8-9H2. The van der Waals surface area contributed by atoms with Crippen LogP contribution in [0.25, 0.3) is 5.69 Å². The lowest BCUT2D eigenvalue weighted by Crippen LogP contribution is -2.31. The van der Waals surface area contributed by atoms with Crippen molar-refractivity contribution in [1.82, 2.24) is 19.7 Å². The zero-order valence-electron chi connectivity index (χ0n) is 13.5. The first-order valence-corrected chi connectivity index (χ1v) is 9.25. The Labute approximate surface area is 158 Å². The minimum Gasteiger partial charge on any atom is -0.277 e. The second kappa shape index (κ2) is 6.93. The van der Waals surface area contributed by atoms with Crippen LogP contribution in [0.1, 0.15) is 20.7 Å². The lowest BCUT2D eigenvalue weighted by Gasteiger charge is -2.13. The van der Waals surface area contributed by atoms with E-state index in [0.29, 0.717) is 33.6 Å². The number of imide groups is 1.